The lowest BCUT2D eigenvalue weighted by Crippen LogP contribution is -2.31. The number of nitrogens with zero attached hydrogens (tertiary/aromatic N) is 1. The molecule has 0 atom stereocenters. The summed E-state index contributed by atoms with van der Waals surface area (Å²) in [5.41, 5.74) is 0.710. The summed E-state index contributed by atoms with van der Waals surface area (Å²) in [6.07, 6.45) is 5.69. The Bertz CT molecular complexity index is 386. The molecule has 0 aliphatic carbocycles. The molecular weight excluding hydrogens is 278 g/mol. The maximum absolute atomic E-state index is 12.2. The van der Waals surface area contributed by atoms with Gasteiger partial charge in [-0.1, -0.05) is 52.4 Å². The molecule has 0 fully saturated rings. The molecule has 1 aromatic carbocycles. The number of carbonyl (C=O) groups excluding carboxylic acids is 1. The summed E-state index contributed by atoms with van der Waals surface area (Å²) in [6.45, 7) is 4.84. The van der Waals surface area contributed by atoms with Crippen LogP contribution >= 0.6 is 15.9 Å². The molecule has 0 saturated carbocycles. The van der Waals surface area contributed by atoms with E-state index in [4.69, 9.17) is 0 Å². The Morgan fingerprint density at radius 2 is 1.94 bits per heavy atom. The summed E-state index contributed by atoms with van der Waals surface area (Å²) in [5, 5.41) is 0.800. The number of hydrogen-bond donors (Lipinski definition) is 0. The van der Waals surface area contributed by atoms with Crippen LogP contribution in [0.15, 0.2) is 55.1 Å². The third kappa shape index (κ3) is 4.57. The maximum Gasteiger partial charge on any atom is 0.254 e. The van der Waals surface area contributed by atoms with Crippen molar-refractivity contribution in [3.63, 3.8) is 0 Å². The van der Waals surface area contributed by atoms with Gasteiger partial charge in [-0.2, -0.15) is 0 Å². The van der Waals surface area contributed by atoms with Crippen molar-refractivity contribution < 1.29 is 4.79 Å². The lowest BCUT2D eigenvalue weighted by Gasteiger charge is -2.19. The molecule has 0 spiro atoms. The molecule has 1 aromatic rings. The van der Waals surface area contributed by atoms with Gasteiger partial charge in [0.1, 0.15) is 0 Å². The third-order valence-electron chi connectivity index (χ3n) is 2.24. The lowest BCUT2D eigenvalue weighted by molar-refractivity contribution is 0.0791. The molecule has 0 heterocycles. The van der Waals surface area contributed by atoms with Crippen molar-refractivity contribution >= 4 is 21.8 Å². The highest BCUT2D eigenvalue weighted by atomic mass is 79.9. The highest BCUT2D eigenvalue weighted by Crippen LogP contribution is 2.05. The van der Waals surface area contributed by atoms with Crippen LogP contribution < -0.4 is 0 Å². The van der Waals surface area contributed by atoms with Gasteiger partial charge >= 0.3 is 0 Å². The van der Waals surface area contributed by atoms with Crippen LogP contribution in [-0.4, -0.2) is 29.2 Å². The standard InChI is InChI=1S/C14H16BrNO/c1-2-11-16(12-7-6-10-15)14(17)13-8-4-3-5-9-13/h2-9H,1,10-12H2/b7-6+. The largest absolute Gasteiger partial charge is 0.331 e. The topological polar surface area (TPSA) is 20.3 Å². The second kappa shape index (κ2) is 7.85. The van der Waals surface area contributed by atoms with Gasteiger partial charge in [-0.15, -0.1) is 6.58 Å². The minimum atomic E-state index is 0.0322. The van der Waals surface area contributed by atoms with Crippen LogP contribution in [0.25, 0.3) is 0 Å². The van der Waals surface area contributed by atoms with Crippen molar-refractivity contribution in [1.29, 1.82) is 0 Å². The zero-order valence-electron chi connectivity index (χ0n) is 9.68. The van der Waals surface area contributed by atoms with Crippen LogP contribution in [0, 0.1) is 0 Å². The monoisotopic (exact) mass is 293 g/mol. The Morgan fingerprint density at radius 3 is 2.53 bits per heavy atom. The van der Waals surface area contributed by atoms with Gasteiger partial charge in [-0.05, 0) is 12.1 Å². The molecule has 3 heteroatoms. The molecule has 0 bridgehead atoms. The first-order valence-electron chi connectivity index (χ1n) is 5.45. The third-order valence-corrected chi connectivity index (χ3v) is 2.61. The molecule has 0 unspecified atom stereocenters. The first-order chi connectivity index (χ1) is 8.29. The predicted octanol–water partition coefficient (Wildman–Crippen LogP) is 3.27. The van der Waals surface area contributed by atoms with Crippen molar-refractivity contribution in [2.24, 2.45) is 0 Å². The Balaban J connectivity index is 2.73. The number of allylic oxidation sites excluding steroid dienone is 1. The number of alkyl halides is 1. The van der Waals surface area contributed by atoms with Gasteiger partial charge in [0.05, 0.1) is 0 Å². The summed E-state index contributed by atoms with van der Waals surface area (Å²) >= 11 is 3.31. The van der Waals surface area contributed by atoms with Gasteiger partial charge in [-0.25, -0.2) is 0 Å². The molecular formula is C14H16BrNO. The van der Waals surface area contributed by atoms with Gasteiger partial charge in [0.25, 0.3) is 5.91 Å². The van der Waals surface area contributed by atoms with Gasteiger partial charge in [0.15, 0.2) is 0 Å². The van der Waals surface area contributed by atoms with Gasteiger partial charge < -0.3 is 4.90 Å². The second-order valence-electron chi connectivity index (χ2n) is 3.49. The van der Waals surface area contributed by atoms with E-state index in [2.05, 4.69) is 22.5 Å². The molecule has 0 saturated heterocycles. The predicted molar refractivity (Wildman–Crippen MR) is 75.5 cm³/mol. The van der Waals surface area contributed by atoms with Crippen LogP contribution in [0.4, 0.5) is 0 Å². The molecule has 0 radical (unpaired) electrons. The molecule has 2 nitrogen and oxygen atoms in total. The first-order valence-corrected chi connectivity index (χ1v) is 6.58. The Kier molecular flexibility index (Phi) is 6.33. The van der Waals surface area contributed by atoms with Gasteiger partial charge in [0, 0.05) is 24.0 Å². The number of amides is 1. The Morgan fingerprint density at radius 1 is 1.24 bits per heavy atom. The smallest absolute Gasteiger partial charge is 0.254 e. The van der Waals surface area contributed by atoms with E-state index in [-0.39, 0.29) is 5.91 Å². The van der Waals surface area contributed by atoms with Crippen LogP contribution in [0.5, 0.6) is 0 Å². The summed E-state index contributed by atoms with van der Waals surface area (Å²) in [7, 11) is 0. The number of hydrogen-bond acceptors (Lipinski definition) is 1. The van der Waals surface area contributed by atoms with Crippen LogP contribution in [0.1, 0.15) is 10.4 Å². The van der Waals surface area contributed by atoms with E-state index in [1.54, 1.807) is 11.0 Å². The molecule has 0 aromatic heterocycles. The Hall–Kier alpha value is -1.35. The van der Waals surface area contributed by atoms with Crippen molar-refractivity contribution in [2.75, 3.05) is 18.4 Å². The van der Waals surface area contributed by atoms with Crippen molar-refractivity contribution in [1.82, 2.24) is 4.90 Å². The maximum atomic E-state index is 12.2. The zero-order valence-corrected chi connectivity index (χ0v) is 11.3. The average molecular weight is 294 g/mol. The van der Waals surface area contributed by atoms with Crippen LogP contribution in [0.2, 0.25) is 0 Å². The minimum Gasteiger partial charge on any atom is -0.331 e. The highest BCUT2D eigenvalue weighted by Gasteiger charge is 2.12. The summed E-state index contributed by atoms with van der Waals surface area (Å²) in [6, 6.07) is 9.29. The first kappa shape index (κ1) is 13.7. The molecule has 0 N–H and O–H groups in total. The number of halogens is 1. The van der Waals surface area contributed by atoms with Crippen molar-refractivity contribution in [2.45, 2.75) is 0 Å². The fourth-order valence-electron chi connectivity index (χ4n) is 1.42. The molecule has 1 amide bonds. The summed E-state index contributed by atoms with van der Waals surface area (Å²) in [5.74, 6) is 0.0322. The van der Waals surface area contributed by atoms with Crippen molar-refractivity contribution in [3.8, 4) is 0 Å². The highest BCUT2D eigenvalue weighted by molar-refractivity contribution is 9.09. The minimum absolute atomic E-state index is 0.0322. The zero-order chi connectivity index (χ0) is 12.5. The lowest BCUT2D eigenvalue weighted by atomic mass is 10.2. The number of carbonyl (C=O) groups is 1. The molecule has 0 aliphatic rings. The van der Waals surface area contributed by atoms with Crippen LogP contribution in [0.3, 0.4) is 0 Å². The Labute approximate surface area is 111 Å². The van der Waals surface area contributed by atoms with Crippen molar-refractivity contribution in [3.05, 3.63) is 60.7 Å². The van der Waals surface area contributed by atoms with Gasteiger partial charge in [-0.3, -0.25) is 4.79 Å². The average Bonchev–Trinajstić information content (AvgIpc) is 2.38. The SMILES string of the molecule is C=CCN(C/C=C/CBr)C(=O)c1ccccc1. The van der Waals surface area contributed by atoms with E-state index in [9.17, 15) is 4.79 Å². The normalized spacial score (nSPS) is 10.4. The van der Waals surface area contributed by atoms with E-state index >= 15 is 0 Å². The molecule has 90 valence electrons. The van der Waals surface area contributed by atoms with E-state index in [1.165, 1.54) is 0 Å². The quantitative estimate of drug-likeness (QED) is 0.582. The fourth-order valence-corrected chi connectivity index (χ4v) is 1.69. The number of benzene rings is 1. The fraction of sp³-hybridized carbons (Fsp3) is 0.214. The van der Waals surface area contributed by atoms with Gasteiger partial charge in [0.2, 0.25) is 0 Å². The van der Waals surface area contributed by atoms with E-state index in [0.29, 0.717) is 18.7 Å². The molecule has 1 rings (SSSR count). The van der Waals surface area contributed by atoms with Crippen LogP contribution in [-0.2, 0) is 0 Å². The van der Waals surface area contributed by atoms with E-state index in [1.807, 2.05) is 42.5 Å². The summed E-state index contributed by atoms with van der Waals surface area (Å²) < 4.78 is 0. The summed E-state index contributed by atoms with van der Waals surface area (Å²) in [4.78, 5) is 13.9. The number of rotatable bonds is 6. The molecule has 0 aliphatic heterocycles. The second-order valence-corrected chi connectivity index (χ2v) is 4.14. The van der Waals surface area contributed by atoms with E-state index in [0.717, 1.165) is 5.33 Å². The molecule has 17 heavy (non-hydrogen) atoms. The van der Waals surface area contributed by atoms with E-state index < -0.39 is 0 Å².